The van der Waals surface area contributed by atoms with Crippen molar-refractivity contribution in [2.45, 2.75) is 32.7 Å². The fourth-order valence-electron chi connectivity index (χ4n) is 6.18. The van der Waals surface area contributed by atoms with E-state index in [0.29, 0.717) is 0 Å². The Morgan fingerprint density at radius 1 is 0.526 bits per heavy atom. The van der Waals surface area contributed by atoms with Crippen molar-refractivity contribution in [1.82, 2.24) is 0 Å². The molecule has 0 heterocycles. The molecule has 1 atom stereocenters. The van der Waals surface area contributed by atoms with Crippen molar-refractivity contribution in [2.75, 3.05) is 0 Å². The molecule has 1 aliphatic rings. The van der Waals surface area contributed by atoms with Gasteiger partial charge in [-0.3, -0.25) is 0 Å². The van der Waals surface area contributed by atoms with E-state index < -0.39 is 8.07 Å². The summed E-state index contributed by atoms with van der Waals surface area (Å²) in [7, 11) is -2.60. The first kappa shape index (κ1) is 32.4. The quantitative estimate of drug-likeness (QED) is 0.178. The molecule has 38 heavy (non-hydrogen) atoms. The molecule has 0 saturated heterocycles. The molecule has 5 rings (SSSR count). The smallest absolute Gasteiger partial charge is 1.00 e. The van der Waals surface area contributed by atoms with Crippen LogP contribution in [0, 0.1) is 0 Å². The Balaban J connectivity index is 0.00000169. The van der Waals surface area contributed by atoms with Crippen molar-refractivity contribution >= 4 is 23.6 Å². The Morgan fingerprint density at radius 2 is 0.947 bits per heavy atom. The Kier molecular flexibility index (Phi) is 11.1. The summed E-state index contributed by atoms with van der Waals surface area (Å²) in [6.45, 7) is 9.53. The predicted octanol–water partition coefficient (Wildman–Crippen LogP) is -2.23. The summed E-state index contributed by atoms with van der Waals surface area (Å²) in [5.74, 6) is 0. The van der Waals surface area contributed by atoms with Crippen LogP contribution in [-0.2, 0) is 20.4 Å². The van der Waals surface area contributed by atoms with Crippen LogP contribution >= 0.6 is 0 Å². The summed E-state index contributed by atoms with van der Waals surface area (Å²) in [5, 5.41) is 4.29. The first-order valence-corrected chi connectivity index (χ1v) is 15.1. The van der Waals surface area contributed by atoms with Crippen molar-refractivity contribution in [2.24, 2.45) is 0 Å². The molecule has 4 aromatic rings. The Hall–Kier alpha value is -1.84. The molecule has 0 aromatic heterocycles. The van der Waals surface area contributed by atoms with Crippen LogP contribution in [0.4, 0.5) is 0 Å². The van der Waals surface area contributed by atoms with Gasteiger partial charge in [0.15, 0.2) is 0 Å². The standard InChI is InChI=1S/C33H31Si.3ClH.Ti/c1-25-24-33(4,27(3)26(25)2)34(30-18-10-6-11-19-30,31-20-12-7-13-21-31)32-22-14-17-29(23-32)28-15-8-5-9-16-28;;;;/h5-23H,1-4H3;3*1H;/q;;;;+3/p-3. The maximum Gasteiger partial charge on any atom is -1.00 e. The zero-order chi connectivity index (χ0) is 24.6. The topological polar surface area (TPSA) is 0 Å². The van der Waals surface area contributed by atoms with Gasteiger partial charge in [0.2, 0.25) is 0 Å². The molecule has 0 fully saturated rings. The molecule has 4 aromatic carbocycles. The number of benzene rings is 4. The minimum atomic E-state index is -2.60. The van der Waals surface area contributed by atoms with Crippen molar-refractivity contribution in [1.29, 1.82) is 0 Å². The zero-order valence-electron chi connectivity index (χ0n) is 22.1. The molecule has 0 nitrogen and oxygen atoms in total. The largest absolute Gasteiger partial charge is 1.00 e. The van der Waals surface area contributed by atoms with Crippen molar-refractivity contribution in [3.05, 3.63) is 136 Å². The molecule has 5 heteroatoms. The Morgan fingerprint density at radius 3 is 1.39 bits per heavy atom. The van der Waals surface area contributed by atoms with Gasteiger partial charge >= 0.3 is 224 Å². The Labute approximate surface area is 259 Å². The van der Waals surface area contributed by atoms with Crippen LogP contribution in [0.15, 0.2) is 136 Å². The third-order valence-electron chi connectivity index (χ3n) is 8.32. The first-order valence-electron chi connectivity index (χ1n) is 12.3. The van der Waals surface area contributed by atoms with E-state index >= 15 is 0 Å². The van der Waals surface area contributed by atoms with Gasteiger partial charge in [-0.25, -0.2) is 0 Å². The number of halogens is 3. The van der Waals surface area contributed by atoms with E-state index in [-0.39, 0.29) is 42.3 Å². The first-order chi connectivity index (χ1) is 16.9. The molecule has 0 saturated carbocycles. The third-order valence-corrected chi connectivity index (χ3v) is 15.8. The molecule has 1 unspecified atom stereocenters. The second kappa shape index (κ2) is 13.0. The van der Waals surface area contributed by atoms with Gasteiger partial charge in [-0.15, -0.1) is 0 Å². The average molecular weight is 610 g/mol. The molecule has 0 amide bonds. The molecule has 192 valence electrons. The maximum atomic E-state index is 2.53. The van der Waals surface area contributed by atoms with Gasteiger partial charge in [0.05, 0.1) is 0 Å². The van der Waals surface area contributed by atoms with Gasteiger partial charge in [-0.1, -0.05) is 0 Å². The van der Waals surface area contributed by atoms with E-state index in [1.165, 1.54) is 47.3 Å². The van der Waals surface area contributed by atoms with Gasteiger partial charge in [0.1, 0.15) is 0 Å². The Bertz CT molecular complexity index is 1370. The number of hydrogen-bond acceptors (Lipinski definition) is 0. The minimum Gasteiger partial charge on any atom is -1.00 e. The van der Waals surface area contributed by atoms with Crippen LogP contribution in [0.5, 0.6) is 0 Å². The van der Waals surface area contributed by atoms with Gasteiger partial charge in [-0.2, -0.15) is 0 Å². The van der Waals surface area contributed by atoms with Crippen molar-refractivity contribution in [3.8, 4) is 11.1 Å². The third kappa shape index (κ3) is 4.94. The summed E-state index contributed by atoms with van der Waals surface area (Å²) in [4.78, 5) is 0. The van der Waals surface area contributed by atoms with E-state index in [9.17, 15) is 0 Å². The van der Waals surface area contributed by atoms with Gasteiger partial charge < -0.3 is 37.2 Å². The van der Waals surface area contributed by atoms with Crippen LogP contribution in [0.1, 0.15) is 27.7 Å². The normalized spacial score (nSPS) is 16.9. The second-order valence-electron chi connectivity index (χ2n) is 9.80. The van der Waals surface area contributed by atoms with Crippen molar-refractivity contribution < 1.29 is 57.7 Å². The van der Waals surface area contributed by atoms with Crippen LogP contribution in [0.2, 0.25) is 5.04 Å². The fraction of sp³-hybridized carbons (Fsp3) is 0.152. The van der Waals surface area contributed by atoms with E-state index in [0.717, 1.165) is 0 Å². The summed E-state index contributed by atoms with van der Waals surface area (Å²) in [5.41, 5.74) is 6.96. The molecule has 0 bridgehead atoms. The molecule has 0 spiro atoms. The molecule has 0 radical (unpaired) electrons. The molecule has 0 N–H and O–H groups in total. The predicted molar refractivity (Wildman–Crippen MR) is 149 cm³/mol. The maximum absolute atomic E-state index is 2.60. The van der Waals surface area contributed by atoms with Gasteiger partial charge in [0, 0.05) is 0 Å². The average Bonchev–Trinajstić information content (AvgIpc) is 3.07. The molecule has 1 aliphatic carbocycles. The number of allylic oxidation sites excluding steroid dienone is 4. The number of hydrogen-bond donors (Lipinski definition) is 0. The summed E-state index contributed by atoms with van der Waals surface area (Å²) in [6, 6.07) is 42.9. The summed E-state index contributed by atoms with van der Waals surface area (Å²) >= 11 is 2.38. The molecular weight excluding hydrogens is 579 g/mol. The second-order valence-corrected chi connectivity index (χ2v) is 14.8. The van der Waals surface area contributed by atoms with Crippen LogP contribution in [0.3, 0.4) is 0 Å². The van der Waals surface area contributed by atoms with Gasteiger partial charge in [0.25, 0.3) is 0 Å². The van der Waals surface area contributed by atoms with Crippen LogP contribution in [-0.4, -0.2) is 8.07 Å². The van der Waals surface area contributed by atoms with E-state index in [1.807, 2.05) is 0 Å². The molecule has 0 aliphatic heterocycles. The number of rotatable bonds is 5. The van der Waals surface area contributed by atoms with E-state index in [2.05, 4.69) is 163 Å². The SMILES string of the molecule is CC1=C(C)C(C)([Si](c2ccccc2)(c2ccccc2)c2cccc(-c3ccccc3)c2)[C]([Ti+3])=C1C.[Cl-].[Cl-].[Cl-]. The van der Waals surface area contributed by atoms with Crippen LogP contribution < -0.4 is 52.8 Å². The summed E-state index contributed by atoms with van der Waals surface area (Å²) in [6.07, 6.45) is 0. The fourth-order valence-corrected chi connectivity index (χ4v) is 13.8. The van der Waals surface area contributed by atoms with Crippen molar-refractivity contribution in [3.63, 3.8) is 0 Å². The summed E-state index contributed by atoms with van der Waals surface area (Å²) < 4.78 is 1.51. The minimum absolute atomic E-state index is 0. The van der Waals surface area contributed by atoms with Gasteiger partial charge in [-0.05, 0) is 0 Å². The molecular formula is C33H31Cl3SiTi. The van der Waals surface area contributed by atoms with E-state index in [1.54, 1.807) is 0 Å². The van der Waals surface area contributed by atoms with E-state index in [4.69, 9.17) is 0 Å². The monoisotopic (exact) mass is 608 g/mol. The zero-order valence-corrected chi connectivity index (χ0v) is 26.9. The van der Waals surface area contributed by atoms with Crippen LogP contribution in [0.25, 0.3) is 11.1 Å².